The predicted octanol–water partition coefficient (Wildman–Crippen LogP) is 2.11. The van der Waals surface area contributed by atoms with Crippen LogP contribution in [0.25, 0.3) is 0 Å². The third kappa shape index (κ3) is 3.04. The molecule has 1 heterocycles. The van der Waals surface area contributed by atoms with E-state index in [1.54, 1.807) is 13.2 Å². The quantitative estimate of drug-likeness (QED) is 0.823. The van der Waals surface area contributed by atoms with E-state index in [9.17, 15) is 9.90 Å². The van der Waals surface area contributed by atoms with Crippen LogP contribution in [-0.2, 0) is 17.6 Å². The molecule has 5 heteroatoms. The van der Waals surface area contributed by atoms with Gasteiger partial charge in [0, 0.05) is 12.8 Å². The molecule has 19 heavy (non-hydrogen) atoms. The van der Waals surface area contributed by atoms with E-state index in [2.05, 4.69) is 10.3 Å². The maximum atomic E-state index is 11.3. The molecule has 1 aromatic heterocycles. The number of fused-ring (bicyclic) bond motifs is 1. The molecule has 104 valence electrons. The Labute approximate surface area is 113 Å². The number of methoxy groups -OCH3 is 1. The molecule has 2 rings (SSSR count). The van der Waals surface area contributed by atoms with Gasteiger partial charge in [-0.15, -0.1) is 0 Å². The minimum atomic E-state index is -0.933. The van der Waals surface area contributed by atoms with Crippen LogP contribution in [0.5, 0.6) is 0 Å². The zero-order valence-electron chi connectivity index (χ0n) is 11.4. The largest absolute Gasteiger partial charge is 0.478 e. The van der Waals surface area contributed by atoms with Crippen LogP contribution >= 0.6 is 0 Å². The second kappa shape index (κ2) is 6.02. The maximum absolute atomic E-state index is 11.3. The summed E-state index contributed by atoms with van der Waals surface area (Å²) in [6.07, 6.45) is 3.77. The molecule has 1 unspecified atom stereocenters. The summed E-state index contributed by atoms with van der Waals surface area (Å²) in [5.41, 5.74) is 2.36. The van der Waals surface area contributed by atoms with E-state index >= 15 is 0 Å². The third-order valence-electron chi connectivity index (χ3n) is 3.48. The number of aromatic carboxylic acids is 1. The van der Waals surface area contributed by atoms with Crippen LogP contribution in [0, 0.1) is 0 Å². The average molecular weight is 264 g/mol. The average Bonchev–Trinajstić information content (AvgIpc) is 2.84. The molecular formula is C14H20N2O3. The molecule has 5 nitrogen and oxygen atoms in total. The normalized spacial score (nSPS) is 15.1. The lowest BCUT2D eigenvalue weighted by molar-refractivity contribution is 0.0697. The van der Waals surface area contributed by atoms with Gasteiger partial charge in [-0.3, -0.25) is 0 Å². The van der Waals surface area contributed by atoms with E-state index in [1.807, 2.05) is 6.92 Å². The van der Waals surface area contributed by atoms with Crippen LogP contribution in [-0.4, -0.2) is 35.8 Å². The Morgan fingerprint density at radius 1 is 1.58 bits per heavy atom. The standard InChI is InChI=1S/C14H20N2O3/c1-3-10(8-19-2)15-13-11(14(17)18)7-9-5-4-6-12(9)16-13/h7,10H,3-6,8H2,1-2H3,(H,15,16)(H,17,18). The van der Waals surface area contributed by atoms with Crippen molar-refractivity contribution in [1.29, 1.82) is 0 Å². The molecular weight excluding hydrogens is 244 g/mol. The van der Waals surface area contributed by atoms with E-state index < -0.39 is 5.97 Å². The van der Waals surface area contributed by atoms with Crippen molar-refractivity contribution in [2.75, 3.05) is 19.0 Å². The van der Waals surface area contributed by atoms with Crippen LogP contribution in [0.2, 0.25) is 0 Å². The van der Waals surface area contributed by atoms with Gasteiger partial charge < -0.3 is 15.2 Å². The number of aromatic nitrogens is 1. The smallest absolute Gasteiger partial charge is 0.339 e. The van der Waals surface area contributed by atoms with E-state index in [4.69, 9.17) is 4.74 Å². The van der Waals surface area contributed by atoms with Gasteiger partial charge in [0.25, 0.3) is 0 Å². The maximum Gasteiger partial charge on any atom is 0.339 e. The summed E-state index contributed by atoms with van der Waals surface area (Å²) in [6.45, 7) is 2.57. The number of carboxylic acid groups (broad SMARTS) is 1. The SMILES string of the molecule is CCC(COC)Nc1nc2c(cc1C(=O)O)CCC2. The van der Waals surface area contributed by atoms with Crippen LogP contribution in [0.3, 0.4) is 0 Å². The lowest BCUT2D eigenvalue weighted by atomic mass is 10.1. The first-order valence-electron chi connectivity index (χ1n) is 6.67. The number of hydrogen-bond donors (Lipinski definition) is 2. The van der Waals surface area contributed by atoms with Crippen LogP contribution in [0.1, 0.15) is 41.4 Å². The zero-order valence-corrected chi connectivity index (χ0v) is 11.4. The highest BCUT2D eigenvalue weighted by atomic mass is 16.5. The molecule has 1 aliphatic rings. The van der Waals surface area contributed by atoms with Gasteiger partial charge >= 0.3 is 5.97 Å². The Balaban J connectivity index is 2.29. The molecule has 1 atom stereocenters. The minimum Gasteiger partial charge on any atom is -0.478 e. The molecule has 0 aromatic carbocycles. The number of pyridine rings is 1. The summed E-state index contributed by atoms with van der Waals surface area (Å²) in [4.78, 5) is 15.8. The van der Waals surface area contributed by atoms with Crippen LogP contribution in [0.15, 0.2) is 6.07 Å². The molecule has 0 bridgehead atoms. The highest BCUT2D eigenvalue weighted by molar-refractivity contribution is 5.93. The molecule has 2 N–H and O–H groups in total. The summed E-state index contributed by atoms with van der Waals surface area (Å²) in [5, 5.41) is 12.5. The highest BCUT2D eigenvalue weighted by Gasteiger charge is 2.21. The van der Waals surface area contributed by atoms with Gasteiger partial charge in [0.15, 0.2) is 0 Å². The second-order valence-electron chi connectivity index (χ2n) is 4.85. The summed E-state index contributed by atoms with van der Waals surface area (Å²) in [7, 11) is 1.64. The van der Waals surface area contributed by atoms with E-state index in [0.717, 1.165) is 36.9 Å². The van der Waals surface area contributed by atoms with Crippen molar-refractivity contribution in [3.05, 3.63) is 22.9 Å². The fourth-order valence-electron chi connectivity index (χ4n) is 2.40. The topological polar surface area (TPSA) is 71.5 Å². The monoisotopic (exact) mass is 264 g/mol. The number of anilines is 1. The highest BCUT2D eigenvalue weighted by Crippen LogP contribution is 2.26. The first kappa shape index (κ1) is 13.8. The number of nitrogens with zero attached hydrogens (tertiary/aromatic N) is 1. The van der Waals surface area contributed by atoms with Crippen molar-refractivity contribution in [3.63, 3.8) is 0 Å². The Hall–Kier alpha value is -1.62. The molecule has 0 saturated heterocycles. The van der Waals surface area contributed by atoms with Crippen LogP contribution < -0.4 is 5.32 Å². The number of carboxylic acids is 1. The molecule has 1 aromatic rings. The fourth-order valence-corrected chi connectivity index (χ4v) is 2.40. The zero-order chi connectivity index (χ0) is 13.8. The first-order chi connectivity index (χ1) is 9.15. The van der Waals surface area contributed by atoms with Crippen molar-refractivity contribution < 1.29 is 14.6 Å². The molecule has 0 aliphatic heterocycles. The van der Waals surface area contributed by atoms with Crippen molar-refractivity contribution in [2.45, 2.75) is 38.6 Å². The van der Waals surface area contributed by atoms with Crippen molar-refractivity contribution in [3.8, 4) is 0 Å². The van der Waals surface area contributed by atoms with Gasteiger partial charge in [-0.05, 0) is 37.3 Å². The van der Waals surface area contributed by atoms with E-state index in [-0.39, 0.29) is 11.6 Å². The Morgan fingerprint density at radius 3 is 3.00 bits per heavy atom. The van der Waals surface area contributed by atoms with Gasteiger partial charge in [0.05, 0.1) is 12.6 Å². The van der Waals surface area contributed by atoms with Gasteiger partial charge in [-0.2, -0.15) is 0 Å². The molecule has 0 amide bonds. The fraction of sp³-hybridized carbons (Fsp3) is 0.571. The van der Waals surface area contributed by atoms with E-state index in [0.29, 0.717) is 12.4 Å². The molecule has 0 saturated carbocycles. The first-order valence-corrected chi connectivity index (χ1v) is 6.67. The third-order valence-corrected chi connectivity index (χ3v) is 3.48. The minimum absolute atomic E-state index is 0.0788. The number of hydrogen-bond acceptors (Lipinski definition) is 4. The summed E-state index contributed by atoms with van der Waals surface area (Å²) in [6, 6.07) is 1.84. The summed E-state index contributed by atoms with van der Waals surface area (Å²) in [5.74, 6) is -0.464. The number of ether oxygens (including phenoxy) is 1. The Bertz CT molecular complexity index is 474. The lowest BCUT2D eigenvalue weighted by Gasteiger charge is -2.18. The molecule has 0 fully saturated rings. The predicted molar refractivity (Wildman–Crippen MR) is 72.8 cm³/mol. The summed E-state index contributed by atoms with van der Waals surface area (Å²) >= 11 is 0. The second-order valence-corrected chi connectivity index (χ2v) is 4.85. The number of carbonyl (C=O) groups is 1. The Morgan fingerprint density at radius 2 is 2.37 bits per heavy atom. The van der Waals surface area contributed by atoms with Gasteiger partial charge in [0.1, 0.15) is 11.4 Å². The number of rotatable bonds is 6. The molecule has 0 radical (unpaired) electrons. The van der Waals surface area contributed by atoms with Crippen molar-refractivity contribution in [2.24, 2.45) is 0 Å². The summed E-state index contributed by atoms with van der Waals surface area (Å²) < 4.78 is 5.12. The van der Waals surface area contributed by atoms with Gasteiger partial charge in [0.2, 0.25) is 0 Å². The van der Waals surface area contributed by atoms with Crippen molar-refractivity contribution in [1.82, 2.24) is 4.98 Å². The van der Waals surface area contributed by atoms with Gasteiger partial charge in [-0.1, -0.05) is 6.92 Å². The van der Waals surface area contributed by atoms with Gasteiger partial charge in [-0.25, -0.2) is 9.78 Å². The lowest BCUT2D eigenvalue weighted by Crippen LogP contribution is -2.26. The number of nitrogens with one attached hydrogen (secondary N) is 1. The van der Waals surface area contributed by atoms with Crippen LogP contribution in [0.4, 0.5) is 5.82 Å². The number of aryl methyl sites for hydroxylation is 2. The van der Waals surface area contributed by atoms with E-state index in [1.165, 1.54) is 0 Å². The Kier molecular flexibility index (Phi) is 4.37. The molecule has 0 spiro atoms. The molecule has 1 aliphatic carbocycles. The van der Waals surface area contributed by atoms with Crippen molar-refractivity contribution >= 4 is 11.8 Å².